The fraction of sp³-hybridized carbons (Fsp3) is 0.182. The van der Waals surface area contributed by atoms with Gasteiger partial charge in [0.05, 0.1) is 25.9 Å². The summed E-state index contributed by atoms with van der Waals surface area (Å²) in [4.78, 5) is -0.399. The number of halogens is 1. The summed E-state index contributed by atoms with van der Waals surface area (Å²) in [5.74, 6) is 0.0364. The average Bonchev–Trinajstić information content (AvgIpc) is 2.74. The Hall–Kier alpha value is -3.06. The Labute approximate surface area is 170 Å². The van der Waals surface area contributed by atoms with Gasteiger partial charge in [0.1, 0.15) is 22.2 Å². The minimum absolute atomic E-state index is 0.306. The average molecular weight is 415 g/mol. The van der Waals surface area contributed by atoms with E-state index in [4.69, 9.17) is 9.47 Å². The number of nitrogens with zero attached hydrogens (tertiary/aromatic N) is 1. The molecule has 7 heteroatoms. The summed E-state index contributed by atoms with van der Waals surface area (Å²) in [6, 6.07) is 18.7. The molecule has 0 unspecified atom stereocenters. The van der Waals surface area contributed by atoms with Crippen LogP contribution in [0.3, 0.4) is 0 Å². The van der Waals surface area contributed by atoms with E-state index in [0.29, 0.717) is 17.2 Å². The summed E-state index contributed by atoms with van der Waals surface area (Å²) < 4.78 is 53.4. The van der Waals surface area contributed by atoms with Gasteiger partial charge < -0.3 is 9.47 Å². The molecule has 0 heterocycles. The summed E-state index contributed by atoms with van der Waals surface area (Å²) in [6.45, 7) is 1.75. The number of benzene rings is 3. The first kappa shape index (κ1) is 20.7. The Bertz CT molecular complexity index is 1060. The van der Waals surface area contributed by atoms with E-state index in [-0.39, 0.29) is 0 Å². The van der Waals surface area contributed by atoms with Crippen LogP contribution in [0.4, 0.5) is 10.1 Å². The van der Waals surface area contributed by atoms with Gasteiger partial charge in [0.15, 0.2) is 0 Å². The molecule has 0 fully saturated rings. The molecule has 5 nitrogen and oxygen atoms in total. The van der Waals surface area contributed by atoms with Crippen LogP contribution in [-0.2, 0) is 10.0 Å². The van der Waals surface area contributed by atoms with Crippen molar-refractivity contribution in [3.05, 3.63) is 84.2 Å². The number of anilines is 1. The van der Waals surface area contributed by atoms with Gasteiger partial charge in [-0.1, -0.05) is 42.5 Å². The highest BCUT2D eigenvalue weighted by molar-refractivity contribution is 7.92. The summed E-state index contributed by atoms with van der Waals surface area (Å²) >= 11 is 0. The Morgan fingerprint density at radius 2 is 1.41 bits per heavy atom. The van der Waals surface area contributed by atoms with Crippen molar-refractivity contribution in [1.82, 2.24) is 0 Å². The fourth-order valence-corrected chi connectivity index (χ4v) is 4.81. The third-order valence-electron chi connectivity index (χ3n) is 4.60. The molecular formula is C22H22FNO4S. The van der Waals surface area contributed by atoms with Gasteiger partial charge in [-0.2, -0.15) is 0 Å². The first-order valence-corrected chi connectivity index (χ1v) is 10.4. The molecule has 0 aliphatic rings. The zero-order chi connectivity index (χ0) is 21.0. The van der Waals surface area contributed by atoms with Crippen LogP contribution < -0.4 is 13.8 Å². The summed E-state index contributed by atoms with van der Waals surface area (Å²) in [5, 5.41) is 0. The second-order valence-electron chi connectivity index (χ2n) is 6.39. The lowest BCUT2D eigenvalue weighted by Crippen LogP contribution is -2.34. The fourth-order valence-electron chi connectivity index (χ4n) is 3.12. The molecule has 3 aromatic rings. The molecule has 0 aromatic heterocycles. The number of hydrogen-bond donors (Lipinski definition) is 0. The van der Waals surface area contributed by atoms with E-state index in [2.05, 4.69) is 0 Å². The number of hydrogen-bond acceptors (Lipinski definition) is 4. The highest BCUT2D eigenvalue weighted by atomic mass is 32.2. The lowest BCUT2D eigenvalue weighted by atomic mass is 10.1. The Kier molecular flexibility index (Phi) is 6.08. The van der Waals surface area contributed by atoms with Crippen LogP contribution in [0.5, 0.6) is 11.5 Å². The maximum absolute atomic E-state index is 14.5. The summed E-state index contributed by atoms with van der Waals surface area (Å²) in [7, 11) is -1.27. The molecule has 0 amide bonds. The molecule has 0 spiro atoms. The van der Waals surface area contributed by atoms with E-state index in [0.717, 1.165) is 11.6 Å². The maximum Gasteiger partial charge on any atom is 0.267 e. The molecule has 29 heavy (non-hydrogen) atoms. The van der Waals surface area contributed by atoms with E-state index in [1.165, 1.54) is 36.7 Å². The SMILES string of the molecule is COc1cc(OC)cc(N([C@H](C)c2ccccc2)S(=O)(=O)c2ccccc2F)c1. The number of methoxy groups -OCH3 is 2. The predicted molar refractivity (Wildman–Crippen MR) is 110 cm³/mol. The van der Waals surface area contributed by atoms with Crippen molar-refractivity contribution in [3.63, 3.8) is 0 Å². The molecule has 152 valence electrons. The van der Waals surface area contributed by atoms with Crippen LogP contribution in [0.1, 0.15) is 18.5 Å². The van der Waals surface area contributed by atoms with Gasteiger partial charge in [-0.15, -0.1) is 0 Å². The Morgan fingerprint density at radius 3 is 1.97 bits per heavy atom. The quantitative estimate of drug-likeness (QED) is 0.556. The molecule has 0 saturated heterocycles. The standard InChI is InChI=1S/C22H22FNO4S/c1-16(17-9-5-4-6-10-17)24(18-13-19(27-2)15-20(14-18)28-3)29(25,26)22-12-8-7-11-21(22)23/h4-16H,1-3H3/t16-/m1/s1. The first-order chi connectivity index (χ1) is 13.9. The minimum Gasteiger partial charge on any atom is -0.497 e. The van der Waals surface area contributed by atoms with Crippen molar-refractivity contribution in [1.29, 1.82) is 0 Å². The van der Waals surface area contributed by atoms with Gasteiger partial charge >= 0.3 is 0 Å². The molecule has 0 N–H and O–H groups in total. The van der Waals surface area contributed by atoms with E-state index < -0.39 is 26.8 Å². The van der Waals surface area contributed by atoms with Crippen LogP contribution in [0.25, 0.3) is 0 Å². The van der Waals surface area contributed by atoms with Crippen LogP contribution in [-0.4, -0.2) is 22.6 Å². The highest BCUT2D eigenvalue weighted by Crippen LogP contribution is 2.37. The Morgan fingerprint density at radius 1 is 0.862 bits per heavy atom. The van der Waals surface area contributed by atoms with Crippen LogP contribution >= 0.6 is 0 Å². The van der Waals surface area contributed by atoms with Crippen molar-refractivity contribution in [2.75, 3.05) is 18.5 Å². The molecule has 0 bridgehead atoms. The third-order valence-corrected chi connectivity index (χ3v) is 6.53. The van der Waals surface area contributed by atoms with E-state index in [9.17, 15) is 12.8 Å². The molecule has 1 atom stereocenters. The third kappa shape index (κ3) is 4.19. The van der Waals surface area contributed by atoms with Gasteiger partial charge in [0.2, 0.25) is 0 Å². The maximum atomic E-state index is 14.5. The van der Waals surface area contributed by atoms with Crippen molar-refractivity contribution >= 4 is 15.7 Å². The van der Waals surface area contributed by atoms with Crippen molar-refractivity contribution in [3.8, 4) is 11.5 Å². The number of sulfonamides is 1. The van der Waals surface area contributed by atoms with Gasteiger partial charge in [-0.25, -0.2) is 12.8 Å². The largest absolute Gasteiger partial charge is 0.497 e. The second kappa shape index (κ2) is 8.53. The van der Waals surface area contributed by atoms with Crippen molar-refractivity contribution in [2.45, 2.75) is 17.9 Å². The lowest BCUT2D eigenvalue weighted by Gasteiger charge is -2.31. The van der Waals surface area contributed by atoms with Crippen LogP contribution in [0.15, 0.2) is 77.7 Å². The zero-order valence-corrected chi connectivity index (χ0v) is 17.2. The topological polar surface area (TPSA) is 55.8 Å². The van der Waals surface area contributed by atoms with E-state index in [1.807, 2.05) is 30.3 Å². The molecular weight excluding hydrogens is 393 g/mol. The van der Waals surface area contributed by atoms with Crippen molar-refractivity contribution < 1.29 is 22.3 Å². The van der Waals surface area contributed by atoms with Crippen LogP contribution in [0.2, 0.25) is 0 Å². The summed E-state index contributed by atoms with van der Waals surface area (Å²) in [5.41, 5.74) is 1.06. The zero-order valence-electron chi connectivity index (χ0n) is 16.4. The minimum atomic E-state index is -4.23. The van der Waals surface area contributed by atoms with E-state index >= 15 is 0 Å². The van der Waals surface area contributed by atoms with Crippen LogP contribution in [0, 0.1) is 5.82 Å². The molecule has 0 saturated carbocycles. The smallest absolute Gasteiger partial charge is 0.267 e. The molecule has 3 aromatic carbocycles. The molecule has 0 aliphatic heterocycles. The molecule has 3 rings (SSSR count). The van der Waals surface area contributed by atoms with Crippen molar-refractivity contribution in [2.24, 2.45) is 0 Å². The normalized spacial score (nSPS) is 12.3. The van der Waals surface area contributed by atoms with E-state index in [1.54, 1.807) is 25.1 Å². The summed E-state index contributed by atoms with van der Waals surface area (Å²) in [6.07, 6.45) is 0. The molecule has 0 radical (unpaired) electrons. The highest BCUT2D eigenvalue weighted by Gasteiger charge is 2.33. The lowest BCUT2D eigenvalue weighted by molar-refractivity contribution is 0.394. The first-order valence-electron chi connectivity index (χ1n) is 8.95. The number of ether oxygens (including phenoxy) is 2. The second-order valence-corrected chi connectivity index (χ2v) is 8.17. The number of rotatable bonds is 7. The van der Waals surface area contributed by atoms with Gasteiger partial charge in [0, 0.05) is 18.2 Å². The molecule has 0 aliphatic carbocycles. The predicted octanol–water partition coefficient (Wildman–Crippen LogP) is 4.80. The van der Waals surface area contributed by atoms with Gasteiger partial charge in [-0.05, 0) is 24.6 Å². The Balaban J connectivity index is 2.24. The van der Waals surface area contributed by atoms with Gasteiger partial charge in [0.25, 0.3) is 10.0 Å². The van der Waals surface area contributed by atoms with Gasteiger partial charge in [-0.3, -0.25) is 4.31 Å². The monoisotopic (exact) mass is 415 g/mol.